The molecule has 0 saturated carbocycles. The summed E-state index contributed by atoms with van der Waals surface area (Å²) < 4.78 is 12.8. The summed E-state index contributed by atoms with van der Waals surface area (Å²) in [5.41, 5.74) is 4.01. The van der Waals surface area contributed by atoms with Gasteiger partial charge in [0.1, 0.15) is 29.4 Å². The molecule has 0 aliphatic heterocycles. The van der Waals surface area contributed by atoms with Crippen LogP contribution in [0.2, 0.25) is 0 Å². The Hall–Kier alpha value is -3.50. The quantitative estimate of drug-likeness (QED) is 0.265. The molecular formula is C27H21NO2S. The first-order chi connectivity index (χ1) is 15.3. The van der Waals surface area contributed by atoms with Crippen molar-refractivity contribution >= 4 is 22.7 Å². The Morgan fingerprint density at radius 3 is 2.16 bits per heavy atom. The van der Waals surface area contributed by atoms with Crippen LogP contribution >= 0.6 is 11.8 Å². The van der Waals surface area contributed by atoms with Gasteiger partial charge in [0.25, 0.3) is 0 Å². The van der Waals surface area contributed by atoms with E-state index in [0.29, 0.717) is 6.61 Å². The minimum Gasteiger partial charge on any atom is -0.486 e. The van der Waals surface area contributed by atoms with E-state index < -0.39 is 0 Å². The molecule has 0 fully saturated rings. The summed E-state index contributed by atoms with van der Waals surface area (Å²) in [6.45, 7) is 0.395. The van der Waals surface area contributed by atoms with Crippen LogP contribution in [-0.4, -0.2) is 11.2 Å². The molecule has 0 aliphatic carbocycles. The molecule has 4 heteroatoms. The molecule has 0 unspecified atom stereocenters. The molecule has 0 atom stereocenters. The number of ether oxygens (including phenoxy) is 1. The number of nitrogens with zero attached hydrogens (tertiary/aromatic N) is 1. The second-order valence-corrected chi connectivity index (χ2v) is 7.94. The summed E-state index contributed by atoms with van der Waals surface area (Å²) in [5, 5.41) is 1.06. The molecular weight excluding hydrogens is 402 g/mol. The van der Waals surface area contributed by atoms with Crippen LogP contribution in [0.4, 0.5) is 0 Å². The molecule has 0 radical (unpaired) electrons. The fourth-order valence-electron chi connectivity index (χ4n) is 3.74. The van der Waals surface area contributed by atoms with E-state index >= 15 is 0 Å². The van der Waals surface area contributed by atoms with Crippen LogP contribution in [0.1, 0.15) is 5.56 Å². The van der Waals surface area contributed by atoms with Gasteiger partial charge in [-0.25, -0.2) is 0 Å². The van der Waals surface area contributed by atoms with Crippen molar-refractivity contribution in [2.45, 2.75) is 11.5 Å². The molecule has 0 saturated heterocycles. The topological polar surface area (TPSA) is 35.3 Å². The molecule has 3 nitrogen and oxygen atoms in total. The molecule has 0 spiro atoms. The Morgan fingerprint density at radius 2 is 1.45 bits per heavy atom. The van der Waals surface area contributed by atoms with Crippen LogP contribution in [0.25, 0.3) is 33.6 Å². The predicted octanol–water partition coefficient (Wildman–Crippen LogP) is 7.46. The van der Waals surface area contributed by atoms with Gasteiger partial charge in [-0.15, -0.1) is 11.8 Å². The van der Waals surface area contributed by atoms with Crippen LogP contribution in [0.15, 0.2) is 107 Å². The average Bonchev–Trinajstić information content (AvgIpc) is 3.22. The zero-order chi connectivity index (χ0) is 21.0. The van der Waals surface area contributed by atoms with Gasteiger partial charge in [0, 0.05) is 22.7 Å². The van der Waals surface area contributed by atoms with Gasteiger partial charge in [0.05, 0.1) is 10.5 Å². The van der Waals surface area contributed by atoms with Gasteiger partial charge in [-0.1, -0.05) is 78.9 Å². The van der Waals surface area contributed by atoms with Crippen molar-refractivity contribution in [3.63, 3.8) is 0 Å². The number of aromatic nitrogens is 1. The zero-order valence-electron chi connectivity index (χ0n) is 17.1. The molecule has 0 bridgehead atoms. The van der Waals surface area contributed by atoms with Gasteiger partial charge in [0.2, 0.25) is 0 Å². The predicted molar refractivity (Wildman–Crippen MR) is 127 cm³/mol. The molecule has 0 aliphatic rings. The number of benzene rings is 3. The van der Waals surface area contributed by atoms with Crippen LogP contribution in [0.5, 0.6) is 5.75 Å². The molecule has 2 heterocycles. The number of pyridine rings is 1. The SMILES string of the molecule is CSc1c(-c2ccccc2)oc(-c2ccccc2)c1COc1cccc2cccnc12. The number of furan rings is 1. The highest BCUT2D eigenvalue weighted by atomic mass is 32.2. The fourth-order valence-corrected chi connectivity index (χ4v) is 4.48. The highest BCUT2D eigenvalue weighted by Gasteiger charge is 2.23. The lowest BCUT2D eigenvalue weighted by atomic mass is 10.1. The van der Waals surface area contributed by atoms with Crippen molar-refractivity contribution in [1.29, 1.82) is 0 Å². The van der Waals surface area contributed by atoms with Gasteiger partial charge in [-0.05, 0) is 18.4 Å². The third kappa shape index (κ3) is 3.82. The van der Waals surface area contributed by atoms with Gasteiger partial charge in [-0.2, -0.15) is 0 Å². The van der Waals surface area contributed by atoms with E-state index in [4.69, 9.17) is 9.15 Å². The van der Waals surface area contributed by atoms with E-state index in [1.807, 2.05) is 66.7 Å². The number of hydrogen-bond donors (Lipinski definition) is 0. The summed E-state index contributed by atoms with van der Waals surface area (Å²) in [4.78, 5) is 5.61. The molecule has 5 aromatic rings. The summed E-state index contributed by atoms with van der Waals surface area (Å²) in [6, 6.07) is 30.4. The van der Waals surface area contributed by atoms with E-state index in [0.717, 1.165) is 49.8 Å². The van der Waals surface area contributed by atoms with E-state index in [1.54, 1.807) is 18.0 Å². The first-order valence-electron chi connectivity index (χ1n) is 10.1. The third-order valence-electron chi connectivity index (χ3n) is 5.20. The molecule has 0 amide bonds. The van der Waals surface area contributed by atoms with Gasteiger partial charge in [0.15, 0.2) is 0 Å². The van der Waals surface area contributed by atoms with Gasteiger partial charge in [-0.3, -0.25) is 4.98 Å². The number of fused-ring (bicyclic) bond motifs is 1. The van der Waals surface area contributed by atoms with Crippen molar-refractivity contribution in [2.75, 3.05) is 6.26 Å². The highest BCUT2D eigenvalue weighted by Crippen LogP contribution is 2.42. The molecule has 2 aromatic heterocycles. The molecule has 31 heavy (non-hydrogen) atoms. The summed E-state index contributed by atoms with van der Waals surface area (Å²) in [7, 11) is 0. The first kappa shape index (κ1) is 19.5. The number of rotatable bonds is 6. The molecule has 5 rings (SSSR count). The maximum Gasteiger partial charge on any atom is 0.148 e. The molecule has 152 valence electrons. The van der Waals surface area contributed by atoms with Crippen LogP contribution in [0.3, 0.4) is 0 Å². The Balaban J connectivity index is 1.60. The number of thioether (sulfide) groups is 1. The van der Waals surface area contributed by atoms with Gasteiger partial charge < -0.3 is 9.15 Å². The summed E-state index contributed by atoms with van der Waals surface area (Å²) in [6.07, 6.45) is 3.87. The largest absolute Gasteiger partial charge is 0.486 e. The number of para-hydroxylation sites is 1. The van der Waals surface area contributed by atoms with E-state index in [-0.39, 0.29) is 0 Å². The monoisotopic (exact) mass is 423 g/mol. The van der Waals surface area contributed by atoms with Crippen molar-refractivity contribution in [3.05, 3.63) is 103 Å². The third-order valence-corrected chi connectivity index (χ3v) is 6.04. The van der Waals surface area contributed by atoms with Crippen molar-refractivity contribution < 1.29 is 9.15 Å². The smallest absolute Gasteiger partial charge is 0.148 e. The van der Waals surface area contributed by atoms with Crippen molar-refractivity contribution in [2.24, 2.45) is 0 Å². The van der Waals surface area contributed by atoms with Crippen LogP contribution in [-0.2, 0) is 6.61 Å². The average molecular weight is 424 g/mol. The van der Waals surface area contributed by atoms with E-state index in [2.05, 4.69) is 35.5 Å². The van der Waals surface area contributed by atoms with Crippen LogP contribution < -0.4 is 4.74 Å². The maximum absolute atomic E-state index is 6.47. The molecule has 3 aromatic carbocycles. The van der Waals surface area contributed by atoms with E-state index in [1.165, 1.54) is 0 Å². The minimum absolute atomic E-state index is 0.395. The Labute approximate surface area is 185 Å². The van der Waals surface area contributed by atoms with Gasteiger partial charge >= 0.3 is 0 Å². The normalized spacial score (nSPS) is 11.0. The van der Waals surface area contributed by atoms with Crippen LogP contribution in [0, 0.1) is 0 Å². The van der Waals surface area contributed by atoms with Crippen molar-refractivity contribution in [3.8, 4) is 28.4 Å². The minimum atomic E-state index is 0.395. The standard InChI is InChI=1S/C27H21NO2S/c1-31-27-22(18-29-23-16-8-14-19-15-9-17-28-24(19)23)25(20-10-4-2-5-11-20)30-26(27)21-12-6-3-7-13-21/h2-17H,18H2,1H3. The Kier molecular flexibility index (Phi) is 5.46. The first-order valence-corrected chi connectivity index (χ1v) is 11.3. The lowest BCUT2D eigenvalue weighted by molar-refractivity contribution is 0.306. The second kappa shape index (κ2) is 8.70. The summed E-state index contributed by atoms with van der Waals surface area (Å²) >= 11 is 1.68. The lowest BCUT2D eigenvalue weighted by Gasteiger charge is -2.10. The maximum atomic E-state index is 6.47. The zero-order valence-corrected chi connectivity index (χ0v) is 17.9. The lowest BCUT2D eigenvalue weighted by Crippen LogP contribution is -1.98. The second-order valence-electron chi connectivity index (χ2n) is 7.12. The summed E-state index contributed by atoms with van der Waals surface area (Å²) in [5.74, 6) is 2.49. The Bertz CT molecular complexity index is 1310. The van der Waals surface area contributed by atoms with E-state index in [9.17, 15) is 0 Å². The molecule has 0 N–H and O–H groups in total. The fraction of sp³-hybridized carbons (Fsp3) is 0.0741. The van der Waals surface area contributed by atoms with Crippen molar-refractivity contribution in [1.82, 2.24) is 4.98 Å². The Morgan fingerprint density at radius 1 is 0.774 bits per heavy atom. The number of hydrogen-bond acceptors (Lipinski definition) is 4. The highest BCUT2D eigenvalue weighted by molar-refractivity contribution is 7.98.